The molecule has 0 aliphatic carbocycles. The molecule has 0 atom stereocenters. The maximum absolute atomic E-state index is 5.07. The van der Waals surface area contributed by atoms with E-state index < -0.39 is 0 Å². The van der Waals surface area contributed by atoms with Gasteiger partial charge in [0.05, 0.1) is 30.1 Å². The minimum Gasteiger partial charge on any atom is -0.383 e. The first-order valence-corrected chi connectivity index (χ1v) is 5.54. The Morgan fingerprint density at radius 3 is 3.17 bits per heavy atom. The van der Waals surface area contributed by atoms with Crippen LogP contribution >= 0.6 is 0 Å². The van der Waals surface area contributed by atoms with Crippen molar-refractivity contribution in [2.45, 2.75) is 6.54 Å². The lowest BCUT2D eigenvalue weighted by atomic mass is 10.3. The lowest BCUT2D eigenvalue weighted by Crippen LogP contribution is -2.04. The predicted molar refractivity (Wildman–Crippen MR) is 63.9 cm³/mol. The molecule has 7 nitrogen and oxygen atoms in total. The van der Waals surface area contributed by atoms with E-state index in [0.717, 1.165) is 16.9 Å². The van der Waals surface area contributed by atoms with E-state index in [2.05, 4.69) is 20.3 Å². The second-order valence-corrected chi connectivity index (χ2v) is 3.81. The molecule has 0 unspecified atom stereocenters. The van der Waals surface area contributed by atoms with Crippen LogP contribution in [0.1, 0.15) is 0 Å². The van der Waals surface area contributed by atoms with Gasteiger partial charge in [-0.25, -0.2) is 4.52 Å². The number of nitrogens with zero attached hydrogens (tertiary/aromatic N) is 6. The summed E-state index contributed by atoms with van der Waals surface area (Å²) in [5.74, 6) is 0.773. The summed E-state index contributed by atoms with van der Waals surface area (Å²) in [6, 6.07) is 0. The number of hydrogen-bond acceptors (Lipinski definition) is 5. The van der Waals surface area contributed by atoms with Crippen LogP contribution in [-0.4, -0.2) is 43.1 Å². The Morgan fingerprint density at radius 2 is 2.28 bits per heavy atom. The van der Waals surface area contributed by atoms with Gasteiger partial charge in [-0.15, -0.1) is 10.2 Å². The fourth-order valence-corrected chi connectivity index (χ4v) is 1.82. The van der Waals surface area contributed by atoms with Crippen LogP contribution in [0.15, 0.2) is 31.1 Å². The molecule has 0 amide bonds. The third kappa shape index (κ3) is 1.74. The van der Waals surface area contributed by atoms with Crippen molar-refractivity contribution in [2.24, 2.45) is 0 Å². The summed E-state index contributed by atoms with van der Waals surface area (Å²) >= 11 is 0. The van der Waals surface area contributed by atoms with Crippen molar-refractivity contribution in [3.8, 4) is 11.4 Å². The van der Waals surface area contributed by atoms with Crippen LogP contribution in [0, 0.1) is 0 Å². The second kappa shape index (κ2) is 4.53. The third-order valence-electron chi connectivity index (χ3n) is 2.72. The first-order valence-electron chi connectivity index (χ1n) is 5.54. The van der Waals surface area contributed by atoms with E-state index in [9.17, 15) is 0 Å². The monoisotopic (exact) mass is 244 g/mol. The number of methoxy groups -OCH3 is 1. The highest BCUT2D eigenvalue weighted by molar-refractivity contribution is 5.74. The Labute approximate surface area is 103 Å². The van der Waals surface area contributed by atoms with Gasteiger partial charge in [0.2, 0.25) is 0 Å². The highest BCUT2D eigenvalue weighted by Gasteiger charge is 2.12. The zero-order valence-corrected chi connectivity index (χ0v) is 9.89. The van der Waals surface area contributed by atoms with E-state index in [1.165, 1.54) is 0 Å². The fourth-order valence-electron chi connectivity index (χ4n) is 1.82. The number of aromatic nitrogens is 6. The largest absolute Gasteiger partial charge is 0.383 e. The van der Waals surface area contributed by atoms with Gasteiger partial charge in [0, 0.05) is 26.0 Å². The van der Waals surface area contributed by atoms with Crippen LogP contribution in [0.5, 0.6) is 0 Å². The number of hydrogen-bond donors (Lipinski definition) is 0. The zero-order valence-electron chi connectivity index (χ0n) is 9.89. The average Bonchev–Trinajstić information content (AvgIpc) is 3.02. The molecule has 0 saturated heterocycles. The van der Waals surface area contributed by atoms with Crippen molar-refractivity contribution < 1.29 is 4.74 Å². The standard InChI is InChI=1S/C11H12N6O/c1-18-5-4-16-8-13-15-11(16)9-6-14-17-3-2-12-7-10(9)17/h2-3,6-8H,4-5H2,1H3. The van der Waals surface area contributed by atoms with E-state index in [0.29, 0.717) is 13.2 Å². The quantitative estimate of drug-likeness (QED) is 0.673. The average molecular weight is 244 g/mol. The molecule has 0 radical (unpaired) electrons. The van der Waals surface area contributed by atoms with Gasteiger partial charge in [0.15, 0.2) is 5.82 Å². The molecule has 3 heterocycles. The molecule has 3 aromatic heterocycles. The molecule has 0 bridgehead atoms. The predicted octanol–water partition coefficient (Wildman–Crippen LogP) is 0.634. The van der Waals surface area contributed by atoms with E-state index in [1.54, 1.807) is 42.7 Å². The van der Waals surface area contributed by atoms with Gasteiger partial charge in [-0.05, 0) is 0 Å². The summed E-state index contributed by atoms with van der Waals surface area (Å²) in [4.78, 5) is 4.10. The Bertz CT molecular complexity index is 658. The van der Waals surface area contributed by atoms with Crippen molar-refractivity contribution in [2.75, 3.05) is 13.7 Å². The number of fused-ring (bicyclic) bond motifs is 1. The minimum atomic E-state index is 0.614. The van der Waals surface area contributed by atoms with Gasteiger partial charge in [0.1, 0.15) is 6.33 Å². The molecule has 0 spiro atoms. The molecule has 0 aliphatic rings. The molecular formula is C11H12N6O. The third-order valence-corrected chi connectivity index (χ3v) is 2.72. The molecule has 0 fully saturated rings. The van der Waals surface area contributed by atoms with Gasteiger partial charge in [-0.3, -0.25) is 4.98 Å². The minimum absolute atomic E-state index is 0.614. The summed E-state index contributed by atoms with van der Waals surface area (Å²) in [6.45, 7) is 1.32. The molecule has 0 N–H and O–H groups in total. The summed E-state index contributed by atoms with van der Waals surface area (Å²) in [6.07, 6.45) is 8.71. The van der Waals surface area contributed by atoms with Gasteiger partial charge in [0.25, 0.3) is 0 Å². The van der Waals surface area contributed by atoms with E-state index in [-0.39, 0.29) is 0 Å². The lowest BCUT2D eigenvalue weighted by molar-refractivity contribution is 0.187. The van der Waals surface area contributed by atoms with Crippen molar-refractivity contribution in [3.05, 3.63) is 31.1 Å². The van der Waals surface area contributed by atoms with Crippen LogP contribution in [-0.2, 0) is 11.3 Å². The first-order chi connectivity index (χ1) is 8.90. The summed E-state index contributed by atoms with van der Waals surface area (Å²) in [5.41, 5.74) is 1.82. The van der Waals surface area contributed by atoms with E-state index in [1.807, 2.05) is 4.57 Å². The van der Waals surface area contributed by atoms with E-state index in [4.69, 9.17) is 4.74 Å². The Hall–Kier alpha value is -2.28. The SMILES string of the molecule is COCCn1cnnc1-c1cnn2ccncc12. The van der Waals surface area contributed by atoms with Crippen LogP contribution in [0.3, 0.4) is 0 Å². The Balaban J connectivity index is 2.06. The van der Waals surface area contributed by atoms with Crippen LogP contribution in [0.25, 0.3) is 16.9 Å². The smallest absolute Gasteiger partial charge is 0.167 e. The van der Waals surface area contributed by atoms with Crippen molar-refractivity contribution in [3.63, 3.8) is 0 Å². The zero-order chi connectivity index (χ0) is 12.4. The van der Waals surface area contributed by atoms with Gasteiger partial charge in [-0.2, -0.15) is 5.10 Å². The van der Waals surface area contributed by atoms with Crippen molar-refractivity contribution >= 4 is 5.52 Å². The molecular weight excluding hydrogens is 232 g/mol. The topological polar surface area (TPSA) is 70.1 Å². The molecule has 7 heteroatoms. The summed E-state index contributed by atoms with van der Waals surface area (Å²) in [7, 11) is 1.67. The lowest BCUT2D eigenvalue weighted by Gasteiger charge is -2.04. The molecule has 0 saturated carbocycles. The maximum Gasteiger partial charge on any atom is 0.167 e. The molecule has 0 aromatic carbocycles. The van der Waals surface area contributed by atoms with Crippen molar-refractivity contribution in [1.82, 2.24) is 29.4 Å². The Kier molecular flexibility index (Phi) is 2.73. The molecule has 3 rings (SSSR count). The highest BCUT2D eigenvalue weighted by Crippen LogP contribution is 2.21. The molecule has 3 aromatic rings. The Morgan fingerprint density at radius 1 is 1.33 bits per heavy atom. The van der Waals surface area contributed by atoms with Gasteiger partial charge >= 0.3 is 0 Å². The molecule has 18 heavy (non-hydrogen) atoms. The molecule has 0 aliphatic heterocycles. The second-order valence-electron chi connectivity index (χ2n) is 3.81. The molecule has 92 valence electrons. The van der Waals surface area contributed by atoms with Crippen LogP contribution < -0.4 is 0 Å². The van der Waals surface area contributed by atoms with Crippen LogP contribution in [0.2, 0.25) is 0 Å². The summed E-state index contributed by atoms with van der Waals surface area (Å²) in [5, 5.41) is 12.3. The fraction of sp³-hybridized carbons (Fsp3) is 0.273. The highest BCUT2D eigenvalue weighted by atomic mass is 16.5. The van der Waals surface area contributed by atoms with Gasteiger partial charge < -0.3 is 9.30 Å². The van der Waals surface area contributed by atoms with Gasteiger partial charge in [-0.1, -0.05) is 0 Å². The maximum atomic E-state index is 5.07. The van der Waals surface area contributed by atoms with Crippen molar-refractivity contribution in [1.29, 1.82) is 0 Å². The van der Waals surface area contributed by atoms with Crippen LogP contribution in [0.4, 0.5) is 0 Å². The van der Waals surface area contributed by atoms with E-state index >= 15 is 0 Å². The summed E-state index contributed by atoms with van der Waals surface area (Å²) < 4.78 is 8.77. The first kappa shape index (κ1) is 10.8. The number of ether oxygens (including phenoxy) is 1. The number of rotatable bonds is 4. The normalized spacial score (nSPS) is 11.2.